The summed E-state index contributed by atoms with van der Waals surface area (Å²) in [4.78, 5) is 13.1. The molecule has 1 aromatic heterocycles. The Hall–Kier alpha value is -2.30. The van der Waals surface area contributed by atoms with E-state index in [-0.39, 0.29) is 12.1 Å². The molecule has 33 heavy (non-hydrogen) atoms. The molecule has 1 saturated carbocycles. The first-order chi connectivity index (χ1) is 16.0. The molecule has 0 bridgehead atoms. The van der Waals surface area contributed by atoms with Crippen molar-refractivity contribution in [3.8, 4) is 17.0 Å². The normalized spacial score (nSPS) is 22.8. The molecular weight excluding hydrogens is 412 g/mol. The van der Waals surface area contributed by atoms with E-state index < -0.39 is 0 Å². The van der Waals surface area contributed by atoms with E-state index in [1.807, 2.05) is 12.1 Å². The van der Waals surface area contributed by atoms with Crippen LogP contribution in [0.5, 0.6) is 5.75 Å². The van der Waals surface area contributed by atoms with Crippen LogP contribution in [0.2, 0.25) is 0 Å². The molecule has 5 nitrogen and oxygen atoms in total. The van der Waals surface area contributed by atoms with Gasteiger partial charge in [-0.25, -0.2) is 13.9 Å². The third kappa shape index (κ3) is 5.62. The molecule has 2 aromatic rings. The number of nitrogens with zero attached hydrogens (tertiary/aromatic N) is 2. The van der Waals surface area contributed by atoms with Gasteiger partial charge in [0.15, 0.2) is 12.2 Å². The Kier molecular flexibility index (Phi) is 7.77. The smallest absolute Gasteiger partial charge is 0.348 e. The highest BCUT2D eigenvalue weighted by Crippen LogP contribution is 2.35. The summed E-state index contributed by atoms with van der Waals surface area (Å²) in [5.41, 5.74) is 2.33. The van der Waals surface area contributed by atoms with Crippen molar-refractivity contribution in [1.82, 2.24) is 4.57 Å². The molecule has 2 aliphatic rings. The number of carbonyl (C=O) groups excluding carboxylic acids is 1. The summed E-state index contributed by atoms with van der Waals surface area (Å²) in [5.74, 6) is 3.69. The van der Waals surface area contributed by atoms with E-state index in [4.69, 9.17) is 9.47 Å². The lowest BCUT2D eigenvalue weighted by Crippen LogP contribution is -2.44. The van der Waals surface area contributed by atoms with E-state index in [1.165, 1.54) is 24.4 Å². The van der Waals surface area contributed by atoms with Gasteiger partial charge in [0.2, 0.25) is 0 Å². The highest BCUT2D eigenvalue weighted by molar-refractivity contribution is 5.68. The van der Waals surface area contributed by atoms with Crippen molar-refractivity contribution in [2.45, 2.75) is 91.8 Å². The standard InChI is InChI=1S/C28H41N2O3/c1-5-16-32-23-12-10-22(11-13-23)25-18-29(27-8-6-7-15-30(25)27)19-28(31)33-26-17-21(4)9-14-24(26)20(2)3/h10-13,18,20-21,24,26H,5-9,14-17,19H2,1-4H3/q+1. The minimum atomic E-state index is -0.0985. The molecule has 0 amide bonds. The Balaban J connectivity index is 1.51. The zero-order chi connectivity index (χ0) is 23.4. The van der Waals surface area contributed by atoms with Crippen LogP contribution in [0.15, 0.2) is 30.5 Å². The van der Waals surface area contributed by atoms with Crippen molar-refractivity contribution in [2.24, 2.45) is 17.8 Å². The molecular formula is C28H41N2O3+. The second kappa shape index (κ2) is 10.8. The molecule has 1 aromatic carbocycles. The molecule has 2 heterocycles. The molecule has 5 heteroatoms. The molecule has 3 atom stereocenters. The van der Waals surface area contributed by atoms with Crippen molar-refractivity contribution in [2.75, 3.05) is 6.61 Å². The van der Waals surface area contributed by atoms with Crippen LogP contribution in [0, 0.1) is 17.8 Å². The zero-order valence-electron chi connectivity index (χ0n) is 20.9. The van der Waals surface area contributed by atoms with Crippen LogP contribution in [0.25, 0.3) is 11.3 Å². The fourth-order valence-electron chi connectivity index (χ4n) is 5.57. The lowest BCUT2D eigenvalue weighted by atomic mass is 9.75. The van der Waals surface area contributed by atoms with E-state index in [0.717, 1.165) is 56.6 Å². The Morgan fingerprint density at radius 3 is 2.70 bits per heavy atom. The van der Waals surface area contributed by atoms with Crippen molar-refractivity contribution >= 4 is 5.97 Å². The second-order valence-electron chi connectivity index (χ2n) is 10.4. The number of aromatic nitrogens is 2. The summed E-state index contributed by atoms with van der Waals surface area (Å²) < 4.78 is 16.4. The highest BCUT2D eigenvalue weighted by Gasteiger charge is 2.34. The van der Waals surface area contributed by atoms with Crippen LogP contribution in [0.1, 0.15) is 72.0 Å². The maximum Gasteiger partial charge on any atom is 0.348 e. The Morgan fingerprint density at radius 2 is 1.97 bits per heavy atom. The SMILES string of the molecule is CCCOc1ccc(-c2c[n+](CC(=O)OC3CC(C)CCC3C(C)C)c3n2CCCC3)cc1. The molecule has 1 aliphatic carbocycles. The first-order valence-electron chi connectivity index (χ1n) is 13.0. The number of hydrogen-bond acceptors (Lipinski definition) is 3. The summed E-state index contributed by atoms with van der Waals surface area (Å²) >= 11 is 0. The summed E-state index contributed by atoms with van der Waals surface area (Å²) in [6.07, 6.45) is 9.93. The molecule has 0 N–H and O–H groups in total. The predicted octanol–water partition coefficient (Wildman–Crippen LogP) is 5.57. The maximum absolute atomic E-state index is 13.1. The van der Waals surface area contributed by atoms with Gasteiger partial charge in [0.25, 0.3) is 5.82 Å². The number of fused-ring (bicyclic) bond motifs is 1. The van der Waals surface area contributed by atoms with Gasteiger partial charge in [-0.1, -0.05) is 34.1 Å². The Labute approximate surface area is 199 Å². The van der Waals surface area contributed by atoms with Crippen LogP contribution < -0.4 is 9.30 Å². The summed E-state index contributed by atoms with van der Waals surface area (Å²) in [7, 11) is 0. The largest absolute Gasteiger partial charge is 0.494 e. The maximum atomic E-state index is 13.1. The van der Waals surface area contributed by atoms with Crippen LogP contribution in [0.3, 0.4) is 0 Å². The van der Waals surface area contributed by atoms with Gasteiger partial charge in [0.1, 0.15) is 18.1 Å². The average Bonchev–Trinajstić information content (AvgIpc) is 3.16. The number of benzene rings is 1. The number of ether oxygens (including phenoxy) is 2. The van der Waals surface area contributed by atoms with Gasteiger partial charge in [0.05, 0.1) is 13.2 Å². The van der Waals surface area contributed by atoms with Gasteiger partial charge in [-0.05, 0) is 74.1 Å². The Morgan fingerprint density at radius 1 is 1.18 bits per heavy atom. The fourth-order valence-corrected chi connectivity index (χ4v) is 5.57. The summed E-state index contributed by atoms with van der Waals surface area (Å²) in [6.45, 7) is 10.9. The van der Waals surface area contributed by atoms with Gasteiger partial charge in [-0.15, -0.1) is 0 Å². The molecule has 4 rings (SSSR count). The first kappa shape index (κ1) is 23.8. The van der Waals surface area contributed by atoms with Crippen LogP contribution in [0.4, 0.5) is 0 Å². The first-order valence-corrected chi connectivity index (χ1v) is 13.0. The minimum Gasteiger partial charge on any atom is -0.494 e. The molecule has 0 saturated heterocycles. The van der Waals surface area contributed by atoms with Crippen LogP contribution >= 0.6 is 0 Å². The van der Waals surface area contributed by atoms with Crippen molar-refractivity contribution in [3.05, 3.63) is 36.3 Å². The van der Waals surface area contributed by atoms with Gasteiger partial charge >= 0.3 is 5.97 Å². The van der Waals surface area contributed by atoms with Gasteiger partial charge in [-0.2, -0.15) is 0 Å². The summed E-state index contributed by atoms with van der Waals surface area (Å²) in [5, 5.41) is 0. The molecule has 3 unspecified atom stereocenters. The van der Waals surface area contributed by atoms with E-state index in [9.17, 15) is 4.79 Å². The molecule has 1 aliphatic heterocycles. The average molecular weight is 454 g/mol. The topological polar surface area (TPSA) is 44.3 Å². The van der Waals surface area contributed by atoms with Crippen LogP contribution in [-0.2, 0) is 29.0 Å². The van der Waals surface area contributed by atoms with Crippen molar-refractivity contribution in [3.63, 3.8) is 0 Å². The third-order valence-electron chi connectivity index (χ3n) is 7.41. The number of imidazole rings is 1. The lowest BCUT2D eigenvalue weighted by Gasteiger charge is -2.36. The molecule has 0 radical (unpaired) electrons. The Bertz CT molecular complexity index is 931. The summed E-state index contributed by atoms with van der Waals surface area (Å²) in [6, 6.07) is 8.34. The zero-order valence-corrected chi connectivity index (χ0v) is 20.9. The fraction of sp³-hybridized carbons (Fsp3) is 0.643. The van der Waals surface area contributed by atoms with E-state index >= 15 is 0 Å². The third-order valence-corrected chi connectivity index (χ3v) is 7.41. The van der Waals surface area contributed by atoms with Gasteiger partial charge in [-0.3, -0.25) is 0 Å². The van der Waals surface area contributed by atoms with Crippen molar-refractivity contribution < 1.29 is 18.8 Å². The predicted molar refractivity (Wildman–Crippen MR) is 130 cm³/mol. The molecule has 1 fully saturated rings. The van der Waals surface area contributed by atoms with Gasteiger partial charge in [0, 0.05) is 12.0 Å². The highest BCUT2D eigenvalue weighted by atomic mass is 16.5. The second-order valence-corrected chi connectivity index (χ2v) is 10.4. The lowest BCUT2D eigenvalue weighted by molar-refractivity contribution is -0.693. The minimum absolute atomic E-state index is 0.0513. The molecule has 180 valence electrons. The van der Waals surface area contributed by atoms with Crippen LogP contribution in [-0.4, -0.2) is 23.2 Å². The quantitative estimate of drug-likeness (QED) is 0.388. The number of carbonyl (C=O) groups is 1. The van der Waals surface area contributed by atoms with Crippen molar-refractivity contribution in [1.29, 1.82) is 0 Å². The van der Waals surface area contributed by atoms with Gasteiger partial charge < -0.3 is 9.47 Å². The molecule has 0 spiro atoms. The van der Waals surface area contributed by atoms with E-state index in [1.54, 1.807) is 0 Å². The van der Waals surface area contributed by atoms with E-state index in [0.29, 0.717) is 24.3 Å². The monoisotopic (exact) mass is 453 g/mol. The van der Waals surface area contributed by atoms with E-state index in [2.05, 4.69) is 55.2 Å². The number of rotatable bonds is 8. The number of hydrogen-bond donors (Lipinski definition) is 0. The number of esters is 1.